The Bertz CT molecular complexity index is 648. The van der Waals surface area contributed by atoms with Crippen LogP contribution in [0.25, 0.3) is 0 Å². The SMILES string of the molecule is CNCc1ccc(S(=O)(=O)NC2CCS(=O)(=O)C2)s1. The van der Waals surface area contributed by atoms with Crippen LogP contribution in [-0.2, 0) is 26.4 Å². The monoisotopic (exact) mass is 324 g/mol. The summed E-state index contributed by atoms with van der Waals surface area (Å²) in [5.41, 5.74) is 0. The van der Waals surface area contributed by atoms with E-state index in [1.165, 1.54) is 11.3 Å². The first-order chi connectivity index (χ1) is 8.82. The van der Waals surface area contributed by atoms with E-state index in [2.05, 4.69) is 10.0 Å². The van der Waals surface area contributed by atoms with Crippen LogP contribution in [0.1, 0.15) is 11.3 Å². The van der Waals surface area contributed by atoms with Gasteiger partial charge in [0.2, 0.25) is 10.0 Å². The Hall–Kier alpha value is -0.480. The van der Waals surface area contributed by atoms with Crippen LogP contribution >= 0.6 is 11.3 Å². The molecular formula is C10H16N2O4S3. The molecule has 2 heterocycles. The van der Waals surface area contributed by atoms with Gasteiger partial charge in [0.05, 0.1) is 11.5 Å². The molecule has 2 rings (SSSR count). The second-order valence-corrected chi connectivity index (χ2v) is 9.81. The lowest BCUT2D eigenvalue weighted by molar-refractivity contribution is 0.564. The predicted octanol–water partition coefficient (Wildman–Crippen LogP) is -0.0671. The van der Waals surface area contributed by atoms with Gasteiger partial charge < -0.3 is 5.32 Å². The highest BCUT2D eigenvalue weighted by Gasteiger charge is 2.31. The van der Waals surface area contributed by atoms with Crippen molar-refractivity contribution in [2.24, 2.45) is 0 Å². The van der Waals surface area contributed by atoms with E-state index in [1.807, 2.05) is 0 Å². The molecule has 1 aromatic heterocycles. The summed E-state index contributed by atoms with van der Waals surface area (Å²) >= 11 is 1.19. The molecule has 2 N–H and O–H groups in total. The average molecular weight is 324 g/mol. The van der Waals surface area contributed by atoms with E-state index in [1.54, 1.807) is 19.2 Å². The van der Waals surface area contributed by atoms with Crippen molar-refractivity contribution in [1.29, 1.82) is 0 Å². The van der Waals surface area contributed by atoms with Crippen LogP contribution in [0, 0.1) is 0 Å². The number of hydrogen-bond acceptors (Lipinski definition) is 6. The number of rotatable bonds is 5. The average Bonchev–Trinajstić information content (AvgIpc) is 2.86. The van der Waals surface area contributed by atoms with E-state index >= 15 is 0 Å². The zero-order chi connectivity index (χ0) is 14.1. The molecule has 108 valence electrons. The van der Waals surface area contributed by atoms with E-state index in [9.17, 15) is 16.8 Å². The molecule has 0 saturated carbocycles. The van der Waals surface area contributed by atoms with Crippen LogP contribution in [0.2, 0.25) is 0 Å². The van der Waals surface area contributed by atoms with Crippen LogP contribution < -0.4 is 10.0 Å². The topological polar surface area (TPSA) is 92.3 Å². The molecule has 6 nitrogen and oxygen atoms in total. The minimum absolute atomic E-state index is 0.0512. The molecule has 1 fully saturated rings. The van der Waals surface area contributed by atoms with E-state index in [4.69, 9.17) is 0 Å². The predicted molar refractivity (Wildman–Crippen MR) is 74.5 cm³/mol. The van der Waals surface area contributed by atoms with Crippen molar-refractivity contribution in [1.82, 2.24) is 10.0 Å². The van der Waals surface area contributed by atoms with Crippen molar-refractivity contribution in [2.45, 2.75) is 23.2 Å². The van der Waals surface area contributed by atoms with Gasteiger partial charge in [-0.3, -0.25) is 0 Å². The molecule has 0 aliphatic carbocycles. The fraction of sp³-hybridized carbons (Fsp3) is 0.600. The van der Waals surface area contributed by atoms with E-state index < -0.39 is 25.9 Å². The lowest BCUT2D eigenvalue weighted by Gasteiger charge is -2.09. The third-order valence-electron chi connectivity index (χ3n) is 2.81. The zero-order valence-electron chi connectivity index (χ0n) is 10.4. The number of thiophene rings is 1. The summed E-state index contributed by atoms with van der Waals surface area (Å²) in [6.45, 7) is 0.609. The molecule has 0 amide bonds. The summed E-state index contributed by atoms with van der Waals surface area (Å²) in [6, 6.07) is 2.79. The van der Waals surface area contributed by atoms with Crippen LogP contribution in [-0.4, -0.2) is 41.4 Å². The lowest BCUT2D eigenvalue weighted by atomic mass is 10.3. The molecule has 0 bridgehead atoms. The molecular weight excluding hydrogens is 308 g/mol. The van der Waals surface area contributed by atoms with Gasteiger partial charge in [0.15, 0.2) is 9.84 Å². The van der Waals surface area contributed by atoms with E-state index in [-0.39, 0.29) is 15.7 Å². The molecule has 0 spiro atoms. The molecule has 0 aromatic carbocycles. The Kier molecular flexibility index (Phi) is 4.31. The first kappa shape index (κ1) is 14.9. The summed E-state index contributed by atoms with van der Waals surface area (Å²) in [5, 5.41) is 2.95. The molecule has 0 radical (unpaired) electrons. The summed E-state index contributed by atoms with van der Waals surface area (Å²) in [4.78, 5) is 0.918. The van der Waals surface area contributed by atoms with Gasteiger partial charge in [-0.05, 0) is 25.6 Å². The van der Waals surface area contributed by atoms with Crippen molar-refractivity contribution in [3.05, 3.63) is 17.0 Å². The van der Waals surface area contributed by atoms with Crippen LogP contribution in [0.4, 0.5) is 0 Å². The first-order valence-electron chi connectivity index (χ1n) is 5.78. The van der Waals surface area contributed by atoms with Gasteiger partial charge in [-0.15, -0.1) is 11.3 Å². The first-order valence-corrected chi connectivity index (χ1v) is 9.90. The Balaban J connectivity index is 2.10. The highest BCUT2D eigenvalue weighted by molar-refractivity contribution is 7.92. The van der Waals surface area contributed by atoms with Crippen molar-refractivity contribution >= 4 is 31.2 Å². The lowest BCUT2D eigenvalue weighted by Crippen LogP contribution is -2.35. The van der Waals surface area contributed by atoms with Crippen LogP contribution in [0.5, 0.6) is 0 Å². The maximum atomic E-state index is 12.1. The Morgan fingerprint density at radius 2 is 2.16 bits per heavy atom. The zero-order valence-corrected chi connectivity index (χ0v) is 12.9. The quantitative estimate of drug-likeness (QED) is 0.791. The van der Waals surface area contributed by atoms with E-state index in [0.717, 1.165) is 4.88 Å². The largest absolute Gasteiger partial charge is 0.315 e. The minimum Gasteiger partial charge on any atom is -0.315 e. The molecule has 1 unspecified atom stereocenters. The Morgan fingerprint density at radius 3 is 2.74 bits per heavy atom. The number of sulfonamides is 1. The van der Waals surface area contributed by atoms with Crippen LogP contribution in [0.3, 0.4) is 0 Å². The van der Waals surface area contributed by atoms with Gasteiger partial charge in [-0.2, -0.15) is 0 Å². The molecule has 1 aromatic rings. The van der Waals surface area contributed by atoms with Gasteiger partial charge in [-0.1, -0.05) is 0 Å². The standard InChI is InChI=1S/C10H16N2O4S3/c1-11-6-9-2-3-10(17-9)19(15,16)12-8-4-5-18(13,14)7-8/h2-3,8,11-12H,4-7H2,1H3. The van der Waals surface area contributed by atoms with E-state index in [0.29, 0.717) is 13.0 Å². The molecule has 1 atom stereocenters. The maximum Gasteiger partial charge on any atom is 0.250 e. The van der Waals surface area contributed by atoms with Crippen LogP contribution in [0.15, 0.2) is 16.3 Å². The second-order valence-electron chi connectivity index (χ2n) is 4.47. The second kappa shape index (κ2) is 5.49. The smallest absolute Gasteiger partial charge is 0.250 e. The van der Waals surface area contributed by atoms with Gasteiger partial charge >= 0.3 is 0 Å². The summed E-state index contributed by atoms with van der Waals surface area (Å²) < 4.78 is 49.5. The minimum atomic E-state index is -3.62. The highest BCUT2D eigenvalue weighted by Crippen LogP contribution is 2.23. The highest BCUT2D eigenvalue weighted by atomic mass is 32.2. The van der Waals surface area contributed by atoms with Crippen molar-refractivity contribution in [3.63, 3.8) is 0 Å². The van der Waals surface area contributed by atoms with Gasteiger partial charge in [0.1, 0.15) is 4.21 Å². The number of nitrogens with one attached hydrogen (secondary N) is 2. The van der Waals surface area contributed by atoms with Gasteiger partial charge in [0, 0.05) is 17.5 Å². The van der Waals surface area contributed by atoms with Gasteiger partial charge in [-0.25, -0.2) is 21.6 Å². The molecule has 1 saturated heterocycles. The summed E-state index contributed by atoms with van der Waals surface area (Å²) in [7, 11) is -4.91. The van der Waals surface area contributed by atoms with Crippen molar-refractivity contribution in [3.8, 4) is 0 Å². The fourth-order valence-corrected chi connectivity index (χ4v) is 6.37. The Morgan fingerprint density at radius 1 is 1.42 bits per heavy atom. The van der Waals surface area contributed by atoms with Gasteiger partial charge in [0.25, 0.3) is 0 Å². The number of sulfone groups is 1. The number of hydrogen-bond donors (Lipinski definition) is 2. The Labute approximate surface area is 117 Å². The summed E-state index contributed by atoms with van der Waals surface area (Å²) in [5.74, 6) is -0.0589. The third kappa shape index (κ3) is 3.76. The van der Waals surface area contributed by atoms with Crippen molar-refractivity contribution < 1.29 is 16.8 Å². The summed E-state index contributed by atoms with van der Waals surface area (Å²) in [6.07, 6.45) is 0.344. The fourth-order valence-electron chi connectivity index (χ4n) is 1.94. The van der Waals surface area contributed by atoms with Crippen molar-refractivity contribution in [2.75, 3.05) is 18.6 Å². The third-order valence-corrected chi connectivity index (χ3v) is 7.67. The molecule has 1 aliphatic rings. The normalized spacial score (nSPS) is 22.7. The molecule has 19 heavy (non-hydrogen) atoms. The molecule has 9 heteroatoms. The maximum absolute atomic E-state index is 12.1. The molecule has 1 aliphatic heterocycles.